The van der Waals surface area contributed by atoms with Crippen LogP contribution in [-0.2, 0) is 12.7 Å². The molecule has 5 heterocycles. The second-order valence-corrected chi connectivity index (χ2v) is 8.74. The van der Waals surface area contributed by atoms with Gasteiger partial charge in [0.2, 0.25) is 0 Å². The molecule has 176 valence electrons. The monoisotopic (exact) mass is 467 g/mol. The number of halogens is 5. The molecule has 0 amide bonds. The Bertz CT molecular complexity index is 1140. The van der Waals surface area contributed by atoms with E-state index >= 15 is 0 Å². The number of nitrogens with zero attached hydrogens (tertiary/aromatic N) is 7. The van der Waals surface area contributed by atoms with Crippen LogP contribution in [-0.4, -0.2) is 57.3 Å². The molecule has 7 nitrogen and oxygen atoms in total. The zero-order valence-corrected chi connectivity index (χ0v) is 17.6. The summed E-state index contributed by atoms with van der Waals surface area (Å²) in [5.41, 5.74) is 0.577. The standard InChI is InChI=1S/C21H22F5N7/c22-17(23)12-33-19-16(10-29-33)28-11-18(30-19)32-6-3-20(13-32)1-4-31(5-2-20)15-7-14(8-27-9-15)21(24,25)26/h7-11,17H,1-6,12-13H2. The SMILES string of the molecule is FC(F)Cn1ncc2ncc(N3CCC4(CCN(c5cncc(C(F)(F)F)c5)CC4)C3)nc21. The third kappa shape index (κ3) is 4.30. The maximum Gasteiger partial charge on any atom is 0.417 e. The van der Waals surface area contributed by atoms with Crippen molar-refractivity contribution in [3.8, 4) is 0 Å². The molecular formula is C21H22F5N7. The predicted molar refractivity (Wildman–Crippen MR) is 111 cm³/mol. The highest BCUT2D eigenvalue weighted by Gasteiger charge is 2.41. The lowest BCUT2D eigenvalue weighted by Crippen LogP contribution is -2.41. The van der Waals surface area contributed by atoms with Gasteiger partial charge in [0, 0.05) is 32.4 Å². The number of aromatic nitrogens is 5. The number of hydrogen-bond donors (Lipinski definition) is 0. The van der Waals surface area contributed by atoms with E-state index in [1.807, 2.05) is 4.90 Å². The normalized spacial score (nSPS) is 18.7. The van der Waals surface area contributed by atoms with Gasteiger partial charge in [0.05, 0.1) is 29.8 Å². The van der Waals surface area contributed by atoms with Crippen molar-refractivity contribution in [3.63, 3.8) is 0 Å². The minimum Gasteiger partial charge on any atom is -0.370 e. The Balaban J connectivity index is 1.27. The highest BCUT2D eigenvalue weighted by atomic mass is 19.4. The number of fused-ring (bicyclic) bond motifs is 1. The first-order chi connectivity index (χ1) is 15.7. The summed E-state index contributed by atoms with van der Waals surface area (Å²) in [6.45, 7) is 2.25. The van der Waals surface area contributed by atoms with Crippen LogP contribution >= 0.6 is 0 Å². The van der Waals surface area contributed by atoms with Crippen molar-refractivity contribution >= 4 is 22.7 Å². The molecule has 0 radical (unpaired) electrons. The quantitative estimate of drug-likeness (QED) is 0.541. The van der Waals surface area contributed by atoms with E-state index < -0.39 is 24.7 Å². The van der Waals surface area contributed by atoms with Crippen LogP contribution in [0.15, 0.2) is 30.9 Å². The number of hydrogen-bond acceptors (Lipinski definition) is 6. The molecule has 1 spiro atoms. The fourth-order valence-corrected chi connectivity index (χ4v) is 4.79. The van der Waals surface area contributed by atoms with Gasteiger partial charge in [-0.25, -0.2) is 23.4 Å². The molecule has 0 N–H and O–H groups in total. The minimum atomic E-state index is -4.42. The van der Waals surface area contributed by atoms with E-state index in [9.17, 15) is 22.0 Å². The Morgan fingerprint density at radius 1 is 0.970 bits per heavy atom. The fraction of sp³-hybridized carbons (Fsp3) is 0.524. The maximum absolute atomic E-state index is 13.0. The van der Waals surface area contributed by atoms with Crippen LogP contribution in [0.1, 0.15) is 24.8 Å². The molecule has 2 aliphatic heterocycles. The molecule has 0 atom stereocenters. The third-order valence-electron chi connectivity index (χ3n) is 6.65. The number of pyridine rings is 1. The lowest BCUT2D eigenvalue weighted by molar-refractivity contribution is -0.137. The molecule has 2 aliphatic rings. The predicted octanol–water partition coefficient (Wildman–Crippen LogP) is 4.00. The Hall–Kier alpha value is -3.05. The number of piperidine rings is 1. The molecule has 12 heteroatoms. The van der Waals surface area contributed by atoms with Gasteiger partial charge in [-0.15, -0.1) is 0 Å². The van der Waals surface area contributed by atoms with Crippen LogP contribution in [0.2, 0.25) is 0 Å². The largest absolute Gasteiger partial charge is 0.417 e. The van der Waals surface area contributed by atoms with Gasteiger partial charge in [0.1, 0.15) is 17.9 Å². The second-order valence-electron chi connectivity index (χ2n) is 8.74. The Kier molecular flexibility index (Phi) is 5.32. The molecule has 33 heavy (non-hydrogen) atoms. The smallest absolute Gasteiger partial charge is 0.370 e. The number of anilines is 2. The summed E-state index contributed by atoms with van der Waals surface area (Å²) in [6, 6.07) is 1.15. The molecule has 0 aliphatic carbocycles. The van der Waals surface area contributed by atoms with Crippen molar-refractivity contribution in [3.05, 3.63) is 36.4 Å². The van der Waals surface area contributed by atoms with Gasteiger partial charge in [-0.1, -0.05) is 0 Å². The molecule has 2 fully saturated rings. The van der Waals surface area contributed by atoms with Crippen LogP contribution < -0.4 is 9.80 Å². The minimum absolute atomic E-state index is 0.0332. The molecule has 0 unspecified atom stereocenters. The average molecular weight is 467 g/mol. The van der Waals surface area contributed by atoms with E-state index in [0.29, 0.717) is 35.8 Å². The van der Waals surface area contributed by atoms with Gasteiger partial charge in [-0.05, 0) is 30.7 Å². The van der Waals surface area contributed by atoms with Crippen LogP contribution in [0, 0.1) is 5.41 Å². The molecule has 3 aromatic heterocycles. The van der Waals surface area contributed by atoms with Crippen LogP contribution in [0.4, 0.5) is 33.5 Å². The zero-order chi connectivity index (χ0) is 23.2. The van der Waals surface area contributed by atoms with E-state index in [-0.39, 0.29) is 5.41 Å². The fourth-order valence-electron chi connectivity index (χ4n) is 4.79. The van der Waals surface area contributed by atoms with E-state index in [2.05, 4.69) is 25.0 Å². The van der Waals surface area contributed by atoms with E-state index in [1.165, 1.54) is 17.1 Å². The third-order valence-corrected chi connectivity index (χ3v) is 6.65. The van der Waals surface area contributed by atoms with Crippen molar-refractivity contribution in [1.82, 2.24) is 24.7 Å². The van der Waals surface area contributed by atoms with Gasteiger partial charge in [-0.3, -0.25) is 4.98 Å². The Labute approximate surface area is 186 Å². The van der Waals surface area contributed by atoms with E-state index in [4.69, 9.17) is 0 Å². The molecule has 0 bridgehead atoms. The topological polar surface area (TPSA) is 63.0 Å². The van der Waals surface area contributed by atoms with Crippen molar-refractivity contribution in [1.29, 1.82) is 0 Å². The number of rotatable bonds is 4. The van der Waals surface area contributed by atoms with Gasteiger partial charge >= 0.3 is 6.18 Å². The Morgan fingerprint density at radius 2 is 1.70 bits per heavy atom. The lowest BCUT2D eigenvalue weighted by atomic mass is 9.77. The lowest BCUT2D eigenvalue weighted by Gasteiger charge is -2.40. The highest BCUT2D eigenvalue weighted by molar-refractivity contribution is 5.71. The molecule has 3 aromatic rings. The summed E-state index contributed by atoms with van der Waals surface area (Å²) < 4.78 is 65.9. The van der Waals surface area contributed by atoms with Gasteiger partial charge in [-0.2, -0.15) is 18.3 Å². The average Bonchev–Trinajstić information content (AvgIpc) is 3.38. The van der Waals surface area contributed by atoms with Crippen molar-refractivity contribution in [2.75, 3.05) is 36.0 Å². The molecule has 2 saturated heterocycles. The van der Waals surface area contributed by atoms with Crippen molar-refractivity contribution in [2.24, 2.45) is 5.41 Å². The molecule has 0 saturated carbocycles. The first kappa shape index (κ1) is 21.8. The van der Waals surface area contributed by atoms with Crippen LogP contribution in [0.25, 0.3) is 11.2 Å². The summed E-state index contributed by atoms with van der Waals surface area (Å²) in [7, 11) is 0. The zero-order valence-electron chi connectivity index (χ0n) is 17.6. The summed E-state index contributed by atoms with van der Waals surface area (Å²) in [6.07, 6.45) is 1.02. The summed E-state index contributed by atoms with van der Waals surface area (Å²) in [5, 5.41) is 3.96. The van der Waals surface area contributed by atoms with Crippen molar-refractivity contribution in [2.45, 2.75) is 38.4 Å². The highest BCUT2D eigenvalue weighted by Crippen LogP contribution is 2.42. The summed E-state index contributed by atoms with van der Waals surface area (Å²) in [5.74, 6) is 0.625. The van der Waals surface area contributed by atoms with E-state index in [0.717, 1.165) is 44.6 Å². The molecular weight excluding hydrogens is 445 g/mol. The first-order valence-electron chi connectivity index (χ1n) is 10.7. The van der Waals surface area contributed by atoms with Gasteiger partial charge in [0.15, 0.2) is 5.65 Å². The van der Waals surface area contributed by atoms with Gasteiger partial charge < -0.3 is 9.80 Å². The van der Waals surface area contributed by atoms with Crippen molar-refractivity contribution < 1.29 is 22.0 Å². The second kappa shape index (κ2) is 8.07. The van der Waals surface area contributed by atoms with Gasteiger partial charge in [0.25, 0.3) is 6.43 Å². The van der Waals surface area contributed by atoms with Crippen LogP contribution in [0.5, 0.6) is 0 Å². The maximum atomic E-state index is 13.0. The van der Waals surface area contributed by atoms with E-state index in [1.54, 1.807) is 6.20 Å². The first-order valence-corrected chi connectivity index (χ1v) is 10.7. The summed E-state index contributed by atoms with van der Waals surface area (Å²) >= 11 is 0. The van der Waals surface area contributed by atoms with Crippen LogP contribution in [0.3, 0.4) is 0 Å². The Morgan fingerprint density at radius 3 is 2.39 bits per heavy atom. The summed E-state index contributed by atoms with van der Waals surface area (Å²) in [4.78, 5) is 16.7. The molecule has 5 rings (SSSR count). The molecule has 0 aromatic carbocycles. The number of alkyl halides is 5.